The van der Waals surface area contributed by atoms with Crippen LogP contribution < -0.4 is 29.0 Å². The summed E-state index contributed by atoms with van der Waals surface area (Å²) in [5.74, 6) is 0. The molecule has 3 aromatic rings. The molecule has 0 unspecified atom stereocenters. The van der Waals surface area contributed by atoms with E-state index >= 15 is 0 Å². The van der Waals surface area contributed by atoms with Crippen LogP contribution in [0.5, 0.6) is 0 Å². The number of rotatable bonds is 6. The van der Waals surface area contributed by atoms with Gasteiger partial charge >= 0.3 is 296 Å². The van der Waals surface area contributed by atoms with Crippen LogP contribution in [0.3, 0.4) is 0 Å². The first-order valence-corrected chi connectivity index (χ1v) is 24.0. The quantitative estimate of drug-likeness (QED) is 0.175. The van der Waals surface area contributed by atoms with Crippen molar-refractivity contribution in [3.63, 3.8) is 0 Å². The molecule has 0 saturated carbocycles. The molecular weight excluding hydrogens is 672 g/mol. The predicted molar refractivity (Wildman–Crippen MR) is 222 cm³/mol. The van der Waals surface area contributed by atoms with Crippen molar-refractivity contribution in [3.05, 3.63) is 72.8 Å². The van der Waals surface area contributed by atoms with Crippen LogP contribution in [0.25, 0.3) is 0 Å². The van der Waals surface area contributed by atoms with E-state index in [-0.39, 0.29) is 30.9 Å². The fourth-order valence-electron chi connectivity index (χ4n) is 8.10. The van der Waals surface area contributed by atoms with Crippen molar-refractivity contribution in [2.24, 2.45) is 0 Å². The standard InChI is InChI=1S/C42H66AsP3/c1-37(2,3)44(38(4,5)6)34-28-22-19-25-31(34)43(32-26-20-23-29-35(32)45(39(7,8)9)40(10,11)12)33-27-21-24-30-36(33)46(41(13,14)15)42(16,17)18/h19-30H,1-18H3. The summed E-state index contributed by atoms with van der Waals surface area (Å²) in [5.41, 5.74) is 0. The topological polar surface area (TPSA) is 0 Å². The summed E-state index contributed by atoms with van der Waals surface area (Å²) in [5, 5.41) is 6.04. The minimum absolute atomic E-state index is 0.190. The molecule has 3 aromatic carbocycles. The monoisotopic (exact) mass is 738 g/mol. The molecule has 0 N–H and O–H groups in total. The van der Waals surface area contributed by atoms with Gasteiger partial charge in [0.05, 0.1) is 0 Å². The van der Waals surface area contributed by atoms with Gasteiger partial charge in [0.1, 0.15) is 0 Å². The molecule has 0 aliphatic carbocycles. The average molecular weight is 739 g/mol. The first kappa shape index (κ1) is 39.9. The van der Waals surface area contributed by atoms with E-state index in [0.717, 1.165) is 0 Å². The van der Waals surface area contributed by atoms with Gasteiger partial charge in [0.15, 0.2) is 0 Å². The molecule has 0 atom stereocenters. The average Bonchev–Trinajstić information content (AvgIpc) is 2.82. The van der Waals surface area contributed by atoms with Crippen LogP contribution in [0.4, 0.5) is 0 Å². The zero-order valence-electron chi connectivity index (χ0n) is 32.7. The van der Waals surface area contributed by atoms with Gasteiger partial charge in [-0.2, -0.15) is 0 Å². The molecule has 3 rings (SSSR count). The first-order chi connectivity index (χ1) is 20.7. The van der Waals surface area contributed by atoms with E-state index in [2.05, 4.69) is 197 Å². The Balaban J connectivity index is 2.63. The zero-order chi connectivity index (χ0) is 35.3. The zero-order valence-corrected chi connectivity index (χ0v) is 37.3. The summed E-state index contributed by atoms with van der Waals surface area (Å²) in [6.45, 7) is 44.7. The SMILES string of the molecule is CC(C)(C)P(c1ccccc1[As](c1ccccc1P(C(C)(C)C)C(C)(C)C)c1ccccc1P(C(C)(C)C)C(C)(C)C)C(C)(C)C. The van der Waals surface area contributed by atoms with E-state index in [1.165, 1.54) is 0 Å². The Morgan fingerprint density at radius 2 is 0.478 bits per heavy atom. The molecule has 46 heavy (non-hydrogen) atoms. The van der Waals surface area contributed by atoms with Crippen molar-refractivity contribution in [1.82, 2.24) is 0 Å². The van der Waals surface area contributed by atoms with Crippen LogP contribution in [-0.2, 0) is 0 Å². The third kappa shape index (κ3) is 9.19. The van der Waals surface area contributed by atoms with Crippen LogP contribution in [0.1, 0.15) is 125 Å². The summed E-state index contributed by atoms with van der Waals surface area (Å²) in [6.07, 6.45) is 0. The molecule has 0 amide bonds. The van der Waals surface area contributed by atoms with Crippen molar-refractivity contribution >= 4 is 67.4 Å². The van der Waals surface area contributed by atoms with E-state index < -0.39 is 38.4 Å². The summed E-state index contributed by atoms with van der Waals surface area (Å²) in [6, 6.07) is 29.3. The van der Waals surface area contributed by atoms with Gasteiger partial charge in [-0.15, -0.1) is 0 Å². The minimum atomic E-state index is -2.08. The van der Waals surface area contributed by atoms with Crippen LogP contribution >= 0.6 is 23.8 Å². The maximum atomic E-state index is 2.56. The van der Waals surface area contributed by atoms with E-state index in [1.807, 2.05) is 0 Å². The summed E-state index contributed by atoms with van der Waals surface area (Å²) in [4.78, 5) is 0. The number of hydrogen-bond acceptors (Lipinski definition) is 0. The molecule has 0 fully saturated rings. The van der Waals surface area contributed by atoms with Crippen molar-refractivity contribution in [3.8, 4) is 0 Å². The third-order valence-electron chi connectivity index (χ3n) is 8.12. The summed E-state index contributed by atoms with van der Waals surface area (Å²) < 4.78 is 4.96. The Hall–Kier alpha value is -0.492. The second kappa shape index (κ2) is 14.0. The fraction of sp³-hybridized carbons (Fsp3) is 0.571. The van der Waals surface area contributed by atoms with E-state index in [0.29, 0.717) is 0 Å². The molecule has 0 aliphatic heterocycles. The second-order valence-corrected chi connectivity index (χ2v) is 34.8. The molecule has 4 heteroatoms. The van der Waals surface area contributed by atoms with E-state index in [4.69, 9.17) is 0 Å². The van der Waals surface area contributed by atoms with Gasteiger partial charge in [0, 0.05) is 0 Å². The molecule has 0 nitrogen and oxygen atoms in total. The second-order valence-electron chi connectivity index (χ2n) is 18.8. The molecule has 0 aromatic heterocycles. The van der Waals surface area contributed by atoms with Gasteiger partial charge in [-0.3, -0.25) is 0 Å². The Labute approximate surface area is 294 Å². The predicted octanol–water partition coefficient (Wildman–Crippen LogP) is 10.3. The normalized spacial score (nSPS) is 14.2. The summed E-state index contributed by atoms with van der Waals surface area (Å²) >= 11 is -2.08. The van der Waals surface area contributed by atoms with Crippen molar-refractivity contribution < 1.29 is 0 Å². The third-order valence-corrected chi connectivity index (χ3v) is 25.4. The van der Waals surface area contributed by atoms with Crippen molar-refractivity contribution in [2.45, 2.75) is 156 Å². The first-order valence-electron chi connectivity index (χ1n) is 17.2. The molecular formula is C42H66AsP3. The molecule has 0 saturated heterocycles. The molecule has 0 spiro atoms. The van der Waals surface area contributed by atoms with Crippen LogP contribution in [0.15, 0.2) is 72.8 Å². The Morgan fingerprint density at radius 1 is 0.304 bits per heavy atom. The van der Waals surface area contributed by atoms with Gasteiger partial charge in [0.2, 0.25) is 0 Å². The van der Waals surface area contributed by atoms with Crippen molar-refractivity contribution in [2.75, 3.05) is 0 Å². The van der Waals surface area contributed by atoms with Gasteiger partial charge in [-0.05, 0) is 0 Å². The van der Waals surface area contributed by atoms with Crippen LogP contribution in [0, 0.1) is 0 Å². The number of benzene rings is 3. The molecule has 0 radical (unpaired) electrons. The maximum absolute atomic E-state index is 2.56. The van der Waals surface area contributed by atoms with Crippen LogP contribution in [0.2, 0.25) is 0 Å². The number of hydrogen-bond donors (Lipinski definition) is 0. The molecule has 0 bridgehead atoms. The van der Waals surface area contributed by atoms with Gasteiger partial charge < -0.3 is 0 Å². The fourth-order valence-corrected chi connectivity index (χ4v) is 28.6. The summed E-state index contributed by atoms with van der Waals surface area (Å²) in [7, 11) is -1.40. The molecule has 254 valence electrons. The van der Waals surface area contributed by atoms with E-state index in [9.17, 15) is 0 Å². The van der Waals surface area contributed by atoms with Crippen molar-refractivity contribution in [1.29, 1.82) is 0 Å². The molecule has 0 aliphatic rings. The Morgan fingerprint density at radius 3 is 0.652 bits per heavy atom. The Bertz CT molecular complexity index is 1240. The van der Waals surface area contributed by atoms with Gasteiger partial charge in [-0.25, -0.2) is 0 Å². The molecule has 0 heterocycles. The van der Waals surface area contributed by atoms with Gasteiger partial charge in [-0.1, -0.05) is 0 Å². The van der Waals surface area contributed by atoms with E-state index in [1.54, 1.807) is 29.0 Å². The van der Waals surface area contributed by atoms with Crippen LogP contribution in [-0.4, -0.2) is 45.6 Å². The Kier molecular flexibility index (Phi) is 12.2. The van der Waals surface area contributed by atoms with Gasteiger partial charge in [0.25, 0.3) is 0 Å².